The molecule has 4 rings (SSSR count). The molecule has 0 atom stereocenters. The quantitative estimate of drug-likeness (QED) is 0.602. The molecule has 1 saturated heterocycles. The van der Waals surface area contributed by atoms with E-state index < -0.39 is 10.0 Å². The van der Waals surface area contributed by atoms with Crippen molar-refractivity contribution in [2.45, 2.75) is 18.0 Å². The van der Waals surface area contributed by atoms with Crippen LogP contribution in [0, 0.1) is 0 Å². The Morgan fingerprint density at radius 3 is 2.42 bits per heavy atom. The van der Waals surface area contributed by atoms with Crippen LogP contribution in [0.3, 0.4) is 0 Å². The van der Waals surface area contributed by atoms with Gasteiger partial charge in [-0.05, 0) is 23.8 Å². The maximum Gasteiger partial charge on any atom is 0.329 e. The molecule has 0 radical (unpaired) electrons. The summed E-state index contributed by atoms with van der Waals surface area (Å²) in [7, 11) is -2.03. The number of carbonyl (C=O) groups is 1. The second-order valence-corrected chi connectivity index (χ2v) is 9.22. The number of benzene rings is 2. The van der Waals surface area contributed by atoms with E-state index >= 15 is 0 Å². The fourth-order valence-corrected chi connectivity index (χ4v) is 5.37. The van der Waals surface area contributed by atoms with Crippen molar-refractivity contribution < 1.29 is 17.9 Å². The molecule has 1 aromatic heterocycles. The number of aromatic nitrogens is 2. The van der Waals surface area contributed by atoms with Gasteiger partial charge in [-0.25, -0.2) is 13.2 Å². The second kappa shape index (κ2) is 8.66. The zero-order chi connectivity index (χ0) is 22.0. The molecule has 0 saturated carbocycles. The van der Waals surface area contributed by atoms with Crippen LogP contribution in [0.4, 0.5) is 0 Å². The Labute approximate surface area is 179 Å². The summed E-state index contributed by atoms with van der Waals surface area (Å²) in [5.74, 6) is -0.378. The van der Waals surface area contributed by atoms with Crippen molar-refractivity contribution in [1.29, 1.82) is 0 Å². The standard InChI is InChI=1S/C21H24N4O5S/c1-23-17-7-3-4-8-18(17)25(21(23)27)15-20(26)22-14-16-6-2-5-9-19(16)31(28,29)24-10-12-30-13-11-24/h2-9H,10-15H2,1H3,(H,22,26). The molecule has 0 unspecified atom stereocenters. The largest absolute Gasteiger partial charge is 0.379 e. The predicted molar refractivity (Wildman–Crippen MR) is 115 cm³/mol. The lowest BCUT2D eigenvalue weighted by Gasteiger charge is -2.27. The predicted octanol–water partition coefficient (Wildman–Crippen LogP) is 0.677. The average molecular weight is 445 g/mol. The zero-order valence-electron chi connectivity index (χ0n) is 17.2. The fourth-order valence-electron chi connectivity index (χ4n) is 3.74. The summed E-state index contributed by atoms with van der Waals surface area (Å²) in [6.07, 6.45) is 0. The van der Waals surface area contributed by atoms with Crippen LogP contribution in [0.1, 0.15) is 5.56 Å². The van der Waals surface area contributed by atoms with Crippen molar-refractivity contribution >= 4 is 27.0 Å². The van der Waals surface area contributed by atoms with Crippen molar-refractivity contribution in [3.05, 3.63) is 64.6 Å². The summed E-state index contributed by atoms with van der Waals surface area (Å²) in [5, 5.41) is 2.75. The first-order chi connectivity index (χ1) is 14.9. The molecule has 0 spiro atoms. The van der Waals surface area contributed by atoms with Crippen LogP contribution in [0.2, 0.25) is 0 Å². The number of sulfonamides is 1. The molecule has 3 aromatic rings. The molecule has 164 valence electrons. The topological polar surface area (TPSA) is 103 Å². The monoisotopic (exact) mass is 444 g/mol. The number of nitrogens with one attached hydrogen (secondary N) is 1. The molecular weight excluding hydrogens is 420 g/mol. The van der Waals surface area contributed by atoms with E-state index in [1.165, 1.54) is 13.4 Å². The van der Waals surface area contributed by atoms with Crippen LogP contribution in [-0.2, 0) is 39.7 Å². The molecule has 1 N–H and O–H groups in total. The first kappa shape index (κ1) is 21.3. The highest BCUT2D eigenvalue weighted by atomic mass is 32.2. The maximum absolute atomic E-state index is 13.0. The maximum atomic E-state index is 13.0. The van der Waals surface area contributed by atoms with Gasteiger partial charge in [-0.3, -0.25) is 13.9 Å². The van der Waals surface area contributed by atoms with E-state index in [0.29, 0.717) is 37.4 Å². The number of morpholine rings is 1. The fraction of sp³-hybridized carbons (Fsp3) is 0.333. The van der Waals surface area contributed by atoms with Gasteiger partial charge in [-0.15, -0.1) is 0 Å². The Balaban J connectivity index is 1.51. The number of rotatable bonds is 6. The minimum absolute atomic E-state index is 0.0398. The molecule has 1 fully saturated rings. The number of imidazole rings is 1. The van der Waals surface area contributed by atoms with E-state index in [0.717, 1.165) is 5.52 Å². The van der Waals surface area contributed by atoms with Crippen LogP contribution in [0.25, 0.3) is 11.0 Å². The van der Waals surface area contributed by atoms with E-state index in [1.807, 2.05) is 18.2 Å². The van der Waals surface area contributed by atoms with E-state index in [-0.39, 0.29) is 29.6 Å². The second-order valence-electron chi connectivity index (χ2n) is 7.32. The Hall–Kier alpha value is -2.95. The highest BCUT2D eigenvalue weighted by Gasteiger charge is 2.28. The van der Waals surface area contributed by atoms with E-state index in [2.05, 4.69) is 5.32 Å². The van der Waals surface area contributed by atoms with E-state index in [4.69, 9.17) is 4.74 Å². The van der Waals surface area contributed by atoms with Crippen molar-refractivity contribution in [1.82, 2.24) is 18.8 Å². The third-order valence-corrected chi connectivity index (χ3v) is 7.39. The molecule has 2 aromatic carbocycles. The third kappa shape index (κ3) is 4.14. The van der Waals surface area contributed by atoms with Gasteiger partial charge in [0.2, 0.25) is 15.9 Å². The van der Waals surface area contributed by atoms with Crippen LogP contribution < -0.4 is 11.0 Å². The number of para-hydroxylation sites is 2. The number of ether oxygens (including phenoxy) is 1. The van der Waals surface area contributed by atoms with Gasteiger partial charge in [0.1, 0.15) is 6.54 Å². The summed E-state index contributed by atoms with van der Waals surface area (Å²) in [5.41, 5.74) is 1.61. The molecule has 1 amide bonds. The highest BCUT2D eigenvalue weighted by Crippen LogP contribution is 2.21. The van der Waals surface area contributed by atoms with Crippen LogP contribution in [-0.4, -0.2) is 54.1 Å². The molecule has 2 heterocycles. The van der Waals surface area contributed by atoms with Gasteiger partial charge < -0.3 is 10.1 Å². The summed E-state index contributed by atoms with van der Waals surface area (Å²) >= 11 is 0. The number of amides is 1. The number of carbonyl (C=O) groups excluding carboxylic acids is 1. The number of nitrogens with zero attached hydrogens (tertiary/aromatic N) is 3. The van der Waals surface area contributed by atoms with Crippen molar-refractivity contribution in [2.24, 2.45) is 7.05 Å². The SMILES string of the molecule is Cn1c(=O)n(CC(=O)NCc2ccccc2S(=O)(=O)N2CCOCC2)c2ccccc21. The number of aryl methyl sites for hydroxylation is 1. The molecule has 31 heavy (non-hydrogen) atoms. The van der Waals surface area contributed by atoms with Crippen molar-refractivity contribution in [2.75, 3.05) is 26.3 Å². The van der Waals surface area contributed by atoms with Gasteiger partial charge in [0, 0.05) is 26.7 Å². The average Bonchev–Trinajstić information content (AvgIpc) is 3.03. The zero-order valence-corrected chi connectivity index (χ0v) is 18.0. The first-order valence-corrected chi connectivity index (χ1v) is 11.4. The van der Waals surface area contributed by atoms with Gasteiger partial charge in [-0.1, -0.05) is 30.3 Å². The lowest BCUT2D eigenvalue weighted by atomic mass is 10.2. The van der Waals surface area contributed by atoms with Gasteiger partial charge in [-0.2, -0.15) is 4.31 Å². The molecule has 0 bridgehead atoms. The third-order valence-electron chi connectivity index (χ3n) is 5.39. The van der Waals surface area contributed by atoms with Crippen LogP contribution >= 0.6 is 0 Å². The minimum Gasteiger partial charge on any atom is -0.379 e. The molecular formula is C21H24N4O5S. The summed E-state index contributed by atoms with van der Waals surface area (Å²) in [4.78, 5) is 25.3. The van der Waals surface area contributed by atoms with Gasteiger partial charge >= 0.3 is 5.69 Å². The first-order valence-electron chi connectivity index (χ1n) is 9.96. The van der Waals surface area contributed by atoms with Crippen LogP contribution in [0.5, 0.6) is 0 Å². The Morgan fingerprint density at radius 2 is 1.68 bits per heavy atom. The Bertz CT molecular complexity index is 1270. The van der Waals surface area contributed by atoms with E-state index in [9.17, 15) is 18.0 Å². The Morgan fingerprint density at radius 1 is 1.03 bits per heavy atom. The van der Waals surface area contributed by atoms with Crippen LogP contribution in [0.15, 0.2) is 58.2 Å². The molecule has 1 aliphatic rings. The van der Waals surface area contributed by atoms with Gasteiger partial charge in [0.15, 0.2) is 0 Å². The molecule has 9 nitrogen and oxygen atoms in total. The molecule has 0 aliphatic carbocycles. The minimum atomic E-state index is -3.69. The summed E-state index contributed by atoms with van der Waals surface area (Å²) < 4.78 is 35.6. The summed E-state index contributed by atoms with van der Waals surface area (Å²) in [6, 6.07) is 13.9. The molecule has 10 heteroatoms. The smallest absolute Gasteiger partial charge is 0.329 e. The molecule has 1 aliphatic heterocycles. The van der Waals surface area contributed by atoms with E-state index in [1.54, 1.807) is 37.4 Å². The lowest BCUT2D eigenvalue weighted by molar-refractivity contribution is -0.121. The van der Waals surface area contributed by atoms with Gasteiger partial charge in [0.05, 0.1) is 29.1 Å². The van der Waals surface area contributed by atoms with Gasteiger partial charge in [0.25, 0.3) is 0 Å². The summed E-state index contributed by atoms with van der Waals surface area (Å²) in [6.45, 7) is 1.20. The number of fused-ring (bicyclic) bond motifs is 1. The van der Waals surface area contributed by atoms with Crippen molar-refractivity contribution in [3.8, 4) is 0 Å². The van der Waals surface area contributed by atoms with Crippen molar-refractivity contribution in [3.63, 3.8) is 0 Å². The highest BCUT2D eigenvalue weighted by molar-refractivity contribution is 7.89. The normalized spacial score (nSPS) is 15.3. The number of hydrogen-bond acceptors (Lipinski definition) is 5. The number of hydrogen-bond donors (Lipinski definition) is 1. The lowest BCUT2D eigenvalue weighted by Crippen LogP contribution is -2.41. The Kier molecular flexibility index (Phi) is 5.94.